The zero-order chi connectivity index (χ0) is 15.4. The number of carbonyl (C=O) groups is 3. The first-order chi connectivity index (χ1) is 10.0. The van der Waals surface area contributed by atoms with E-state index in [1.54, 1.807) is 29.2 Å². The Bertz CT molecular complexity index is 571. The fourth-order valence-electron chi connectivity index (χ4n) is 2.45. The zero-order valence-electron chi connectivity index (χ0n) is 11.8. The number of hydrogen-bond donors (Lipinski definition) is 2. The van der Waals surface area contributed by atoms with Crippen molar-refractivity contribution in [3.63, 3.8) is 0 Å². The van der Waals surface area contributed by atoms with Gasteiger partial charge in [0.15, 0.2) is 0 Å². The summed E-state index contributed by atoms with van der Waals surface area (Å²) in [5, 5.41) is 11.6. The Kier molecular flexibility index (Phi) is 4.57. The number of anilines is 1. The highest BCUT2D eigenvalue weighted by atomic mass is 16.4. The number of amides is 2. The van der Waals surface area contributed by atoms with Gasteiger partial charge >= 0.3 is 5.97 Å². The van der Waals surface area contributed by atoms with Gasteiger partial charge < -0.3 is 15.3 Å². The lowest BCUT2D eigenvalue weighted by Crippen LogP contribution is -2.28. The molecule has 2 N–H and O–H groups in total. The third-order valence-corrected chi connectivity index (χ3v) is 3.58. The molecule has 1 aliphatic heterocycles. The van der Waals surface area contributed by atoms with Crippen molar-refractivity contribution in [1.29, 1.82) is 0 Å². The van der Waals surface area contributed by atoms with Gasteiger partial charge in [-0.15, -0.1) is 0 Å². The van der Waals surface area contributed by atoms with Crippen LogP contribution in [0.5, 0.6) is 0 Å². The van der Waals surface area contributed by atoms with Crippen LogP contribution in [0.4, 0.5) is 5.69 Å². The molecule has 0 aliphatic carbocycles. The number of benzene rings is 1. The SMILES string of the molecule is CCN1CC(C(=O)Nc2ccccc2CC(=O)O)CC1=O. The van der Waals surface area contributed by atoms with Crippen molar-refractivity contribution in [3.8, 4) is 0 Å². The van der Waals surface area contributed by atoms with Crippen LogP contribution in [0.15, 0.2) is 24.3 Å². The Morgan fingerprint density at radius 2 is 2.10 bits per heavy atom. The Morgan fingerprint density at radius 1 is 1.38 bits per heavy atom. The fourth-order valence-corrected chi connectivity index (χ4v) is 2.45. The summed E-state index contributed by atoms with van der Waals surface area (Å²) in [5.74, 6) is -1.59. The van der Waals surface area contributed by atoms with Crippen molar-refractivity contribution >= 4 is 23.5 Å². The lowest BCUT2D eigenvalue weighted by molar-refractivity contribution is -0.136. The second-order valence-electron chi connectivity index (χ2n) is 5.05. The monoisotopic (exact) mass is 290 g/mol. The zero-order valence-corrected chi connectivity index (χ0v) is 11.8. The van der Waals surface area contributed by atoms with Crippen LogP contribution in [0.2, 0.25) is 0 Å². The van der Waals surface area contributed by atoms with Crippen LogP contribution in [0, 0.1) is 5.92 Å². The highest BCUT2D eigenvalue weighted by Gasteiger charge is 2.33. The van der Waals surface area contributed by atoms with E-state index < -0.39 is 5.97 Å². The van der Waals surface area contributed by atoms with Gasteiger partial charge in [0.05, 0.1) is 12.3 Å². The fraction of sp³-hybridized carbons (Fsp3) is 0.400. The van der Waals surface area contributed by atoms with E-state index in [9.17, 15) is 14.4 Å². The number of nitrogens with zero attached hydrogens (tertiary/aromatic N) is 1. The Balaban J connectivity index is 2.07. The highest BCUT2D eigenvalue weighted by molar-refractivity contribution is 5.98. The molecule has 0 radical (unpaired) electrons. The van der Waals surface area contributed by atoms with Crippen LogP contribution in [-0.2, 0) is 20.8 Å². The smallest absolute Gasteiger partial charge is 0.307 e. The van der Waals surface area contributed by atoms with Gasteiger partial charge in [-0.3, -0.25) is 14.4 Å². The Labute approximate surface area is 122 Å². The van der Waals surface area contributed by atoms with Crippen LogP contribution in [0.3, 0.4) is 0 Å². The molecule has 1 aromatic carbocycles. The summed E-state index contributed by atoms with van der Waals surface area (Å²) in [7, 11) is 0. The molecule has 1 heterocycles. The highest BCUT2D eigenvalue weighted by Crippen LogP contribution is 2.21. The Morgan fingerprint density at radius 3 is 2.71 bits per heavy atom. The van der Waals surface area contributed by atoms with Gasteiger partial charge in [-0.05, 0) is 18.6 Å². The standard InChI is InChI=1S/C15H18N2O4/c1-2-17-9-11(7-13(17)18)15(21)16-12-6-4-3-5-10(12)8-14(19)20/h3-6,11H,2,7-9H2,1H3,(H,16,21)(H,19,20). The lowest BCUT2D eigenvalue weighted by atomic mass is 10.1. The van der Waals surface area contributed by atoms with E-state index in [0.717, 1.165) is 0 Å². The second kappa shape index (κ2) is 6.39. The summed E-state index contributed by atoms with van der Waals surface area (Å²) in [6, 6.07) is 6.80. The van der Waals surface area contributed by atoms with Gasteiger partial charge in [-0.1, -0.05) is 18.2 Å². The quantitative estimate of drug-likeness (QED) is 0.850. The van der Waals surface area contributed by atoms with E-state index in [-0.39, 0.29) is 30.6 Å². The molecule has 1 fully saturated rings. The van der Waals surface area contributed by atoms with Gasteiger partial charge in [0, 0.05) is 25.2 Å². The largest absolute Gasteiger partial charge is 0.481 e. The molecule has 6 heteroatoms. The molecule has 1 aliphatic rings. The summed E-state index contributed by atoms with van der Waals surface area (Å²) >= 11 is 0. The first-order valence-corrected chi connectivity index (χ1v) is 6.89. The van der Waals surface area contributed by atoms with Gasteiger partial charge in [-0.25, -0.2) is 0 Å². The normalized spacial score (nSPS) is 17.9. The van der Waals surface area contributed by atoms with Crippen molar-refractivity contribution in [2.75, 3.05) is 18.4 Å². The molecule has 0 saturated carbocycles. The van der Waals surface area contributed by atoms with Crippen molar-refractivity contribution < 1.29 is 19.5 Å². The number of aliphatic carboxylic acids is 1. The average molecular weight is 290 g/mol. The molecule has 0 bridgehead atoms. The molecule has 0 aromatic heterocycles. The molecule has 2 amide bonds. The number of likely N-dealkylation sites (tertiary alicyclic amines) is 1. The second-order valence-corrected chi connectivity index (χ2v) is 5.05. The molecule has 21 heavy (non-hydrogen) atoms. The third kappa shape index (κ3) is 3.59. The minimum atomic E-state index is -0.954. The molecule has 1 saturated heterocycles. The predicted octanol–water partition coefficient (Wildman–Crippen LogP) is 1.12. The van der Waals surface area contributed by atoms with E-state index in [2.05, 4.69) is 5.32 Å². The summed E-state index contributed by atoms with van der Waals surface area (Å²) < 4.78 is 0. The van der Waals surface area contributed by atoms with Gasteiger partial charge in [0.2, 0.25) is 11.8 Å². The molecule has 0 spiro atoms. The minimum absolute atomic E-state index is 0.0172. The molecule has 112 valence electrons. The maximum atomic E-state index is 12.2. The van der Waals surface area contributed by atoms with Crippen LogP contribution < -0.4 is 5.32 Å². The van der Waals surface area contributed by atoms with Crippen LogP contribution in [0.1, 0.15) is 18.9 Å². The predicted molar refractivity (Wildman–Crippen MR) is 76.8 cm³/mol. The van der Waals surface area contributed by atoms with Crippen LogP contribution >= 0.6 is 0 Å². The average Bonchev–Trinajstić information content (AvgIpc) is 2.81. The number of rotatable bonds is 5. The maximum Gasteiger partial charge on any atom is 0.307 e. The maximum absolute atomic E-state index is 12.2. The molecular weight excluding hydrogens is 272 g/mol. The first-order valence-electron chi connectivity index (χ1n) is 6.89. The minimum Gasteiger partial charge on any atom is -0.481 e. The number of para-hydroxylation sites is 1. The van der Waals surface area contributed by atoms with Gasteiger partial charge in [0.1, 0.15) is 0 Å². The van der Waals surface area contributed by atoms with E-state index in [4.69, 9.17) is 5.11 Å². The first kappa shape index (κ1) is 15.0. The summed E-state index contributed by atoms with van der Waals surface area (Å²) in [6.45, 7) is 2.89. The van der Waals surface area contributed by atoms with Crippen LogP contribution in [0.25, 0.3) is 0 Å². The van der Waals surface area contributed by atoms with Crippen LogP contribution in [-0.4, -0.2) is 40.9 Å². The molecule has 1 atom stereocenters. The van der Waals surface area contributed by atoms with E-state index >= 15 is 0 Å². The summed E-state index contributed by atoms with van der Waals surface area (Å²) in [4.78, 5) is 36.3. The van der Waals surface area contributed by atoms with E-state index in [1.165, 1.54) is 0 Å². The molecule has 6 nitrogen and oxygen atoms in total. The number of nitrogens with one attached hydrogen (secondary N) is 1. The van der Waals surface area contributed by atoms with Crippen molar-refractivity contribution in [2.45, 2.75) is 19.8 Å². The number of carboxylic acids is 1. The Hall–Kier alpha value is -2.37. The molecule has 1 unspecified atom stereocenters. The molecular formula is C15H18N2O4. The van der Waals surface area contributed by atoms with Crippen molar-refractivity contribution in [1.82, 2.24) is 4.90 Å². The van der Waals surface area contributed by atoms with Gasteiger partial charge in [-0.2, -0.15) is 0 Å². The molecule has 1 aromatic rings. The van der Waals surface area contributed by atoms with Crippen molar-refractivity contribution in [2.24, 2.45) is 5.92 Å². The van der Waals surface area contributed by atoms with E-state index in [1.807, 2.05) is 6.92 Å². The summed E-state index contributed by atoms with van der Waals surface area (Å²) in [6.07, 6.45) is 0.0574. The molecule has 2 rings (SSSR count). The number of hydrogen-bond acceptors (Lipinski definition) is 3. The van der Waals surface area contributed by atoms with Crippen molar-refractivity contribution in [3.05, 3.63) is 29.8 Å². The number of carboxylic acid groups (broad SMARTS) is 1. The topological polar surface area (TPSA) is 86.7 Å². The summed E-state index contributed by atoms with van der Waals surface area (Å²) in [5.41, 5.74) is 1.04. The lowest BCUT2D eigenvalue weighted by Gasteiger charge is -2.15. The number of carbonyl (C=O) groups excluding carboxylic acids is 2. The third-order valence-electron chi connectivity index (χ3n) is 3.58. The van der Waals surface area contributed by atoms with Gasteiger partial charge in [0.25, 0.3) is 0 Å². The van der Waals surface area contributed by atoms with E-state index in [0.29, 0.717) is 24.3 Å².